The summed E-state index contributed by atoms with van der Waals surface area (Å²) in [6.45, 7) is 0. The lowest BCUT2D eigenvalue weighted by molar-refractivity contribution is 0.0760. The maximum atomic E-state index is 11.2. The lowest BCUT2D eigenvalue weighted by Gasteiger charge is -2.32. The molecule has 1 aromatic carbocycles. The van der Waals surface area contributed by atoms with Gasteiger partial charge in [-0.15, -0.1) is 11.3 Å². The minimum absolute atomic E-state index is 0.352. The number of nitrogens with zero attached hydrogens (tertiary/aromatic N) is 2. The molecule has 2 saturated carbocycles. The predicted octanol–water partition coefficient (Wildman–Crippen LogP) is 5.28. The smallest absolute Gasteiger partial charge is 0.120 e. The number of fused-ring (bicyclic) bond motifs is 1. The molecular formula is C21H24N2OS. The van der Waals surface area contributed by atoms with Crippen molar-refractivity contribution in [3.63, 3.8) is 0 Å². The maximum absolute atomic E-state index is 11.2. The van der Waals surface area contributed by atoms with E-state index in [9.17, 15) is 5.11 Å². The van der Waals surface area contributed by atoms with Crippen LogP contribution < -0.4 is 0 Å². The minimum atomic E-state index is -0.352. The summed E-state index contributed by atoms with van der Waals surface area (Å²) < 4.78 is 2.15. The molecule has 5 rings (SSSR count). The lowest BCUT2D eigenvalue weighted by atomic mass is 9.76. The summed E-state index contributed by atoms with van der Waals surface area (Å²) in [6, 6.07) is 10.9. The molecule has 3 nitrogen and oxygen atoms in total. The average Bonchev–Trinajstić information content (AvgIpc) is 3.30. The molecule has 2 aliphatic rings. The fourth-order valence-corrected chi connectivity index (χ4v) is 5.77. The summed E-state index contributed by atoms with van der Waals surface area (Å²) in [5.74, 6) is 1.70. The Balaban J connectivity index is 1.36. The largest absolute Gasteiger partial charge is 0.387 e. The van der Waals surface area contributed by atoms with Crippen molar-refractivity contribution in [3.8, 4) is 0 Å². The van der Waals surface area contributed by atoms with Crippen LogP contribution in [0.1, 0.15) is 72.6 Å². The van der Waals surface area contributed by atoms with Gasteiger partial charge in [-0.3, -0.25) is 4.40 Å². The highest BCUT2D eigenvalue weighted by Crippen LogP contribution is 2.49. The maximum Gasteiger partial charge on any atom is 0.120 e. The van der Waals surface area contributed by atoms with Crippen LogP contribution in [0.4, 0.5) is 0 Å². The molecule has 3 aromatic rings. The molecule has 0 bridgehead atoms. The Morgan fingerprint density at radius 3 is 2.44 bits per heavy atom. The summed E-state index contributed by atoms with van der Waals surface area (Å²) in [5.41, 5.74) is 2.60. The number of imidazole rings is 1. The second-order valence-electron chi connectivity index (χ2n) is 7.69. The number of aromatic nitrogens is 2. The highest BCUT2D eigenvalue weighted by Gasteiger charge is 2.36. The molecule has 2 fully saturated rings. The van der Waals surface area contributed by atoms with E-state index < -0.39 is 0 Å². The van der Waals surface area contributed by atoms with Crippen LogP contribution in [0.25, 0.3) is 4.83 Å². The third-order valence-corrected chi connectivity index (χ3v) is 7.32. The summed E-state index contributed by atoms with van der Waals surface area (Å²) in [5, 5.41) is 11.2. The van der Waals surface area contributed by atoms with E-state index in [-0.39, 0.29) is 6.10 Å². The number of hydrogen-bond acceptors (Lipinski definition) is 3. The number of aliphatic hydroxyl groups is 1. The summed E-state index contributed by atoms with van der Waals surface area (Å²) >= 11 is 1.83. The van der Waals surface area contributed by atoms with E-state index in [1.54, 1.807) is 0 Å². The van der Waals surface area contributed by atoms with Crippen molar-refractivity contribution in [2.75, 3.05) is 0 Å². The molecule has 1 N–H and O–H groups in total. The average molecular weight is 353 g/mol. The zero-order valence-electron chi connectivity index (χ0n) is 14.3. The van der Waals surface area contributed by atoms with Crippen molar-refractivity contribution >= 4 is 16.2 Å². The van der Waals surface area contributed by atoms with Gasteiger partial charge in [0.25, 0.3) is 0 Å². The van der Waals surface area contributed by atoms with E-state index in [1.807, 2.05) is 23.9 Å². The molecule has 0 amide bonds. The van der Waals surface area contributed by atoms with Crippen molar-refractivity contribution in [2.24, 2.45) is 5.92 Å². The number of hydrogen-bond donors (Lipinski definition) is 1. The van der Waals surface area contributed by atoms with Gasteiger partial charge in [0, 0.05) is 4.88 Å². The van der Waals surface area contributed by atoms with Crippen LogP contribution >= 0.6 is 11.3 Å². The van der Waals surface area contributed by atoms with Gasteiger partial charge in [-0.25, -0.2) is 4.98 Å². The number of benzene rings is 1. The molecule has 130 valence electrons. The Hall–Kier alpha value is -1.65. The van der Waals surface area contributed by atoms with Crippen LogP contribution in [0.5, 0.6) is 0 Å². The molecule has 0 spiro atoms. The van der Waals surface area contributed by atoms with Gasteiger partial charge in [-0.05, 0) is 61.8 Å². The number of rotatable bonds is 4. The molecule has 2 aromatic heterocycles. The van der Waals surface area contributed by atoms with Gasteiger partial charge in [-0.2, -0.15) is 0 Å². The fourth-order valence-electron chi connectivity index (χ4n) is 4.47. The second-order valence-corrected chi connectivity index (χ2v) is 8.76. The van der Waals surface area contributed by atoms with Crippen molar-refractivity contribution in [3.05, 3.63) is 59.0 Å². The highest BCUT2D eigenvalue weighted by molar-refractivity contribution is 7.17. The van der Waals surface area contributed by atoms with Crippen molar-refractivity contribution in [1.29, 1.82) is 0 Å². The van der Waals surface area contributed by atoms with Crippen LogP contribution in [0.2, 0.25) is 0 Å². The minimum Gasteiger partial charge on any atom is -0.387 e. The molecule has 0 radical (unpaired) electrons. The van der Waals surface area contributed by atoms with Crippen LogP contribution in [0.3, 0.4) is 0 Å². The van der Waals surface area contributed by atoms with E-state index in [4.69, 9.17) is 0 Å². The van der Waals surface area contributed by atoms with Gasteiger partial charge in [0.2, 0.25) is 0 Å². The normalized spacial score (nSPS) is 25.3. The van der Waals surface area contributed by atoms with E-state index in [0.717, 1.165) is 18.5 Å². The van der Waals surface area contributed by atoms with Crippen LogP contribution in [0, 0.1) is 5.92 Å². The third kappa shape index (κ3) is 2.81. The predicted molar refractivity (Wildman–Crippen MR) is 101 cm³/mol. The molecular weight excluding hydrogens is 328 g/mol. The molecule has 2 heterocycles. The Morgan fingerprint density at radius 2 is 1.72 bits per heavy atom. The lowest BCUT2D eigenvalue weighted by Crippen LogP contribution is -2.21. The molecule has 1 atom stereocenters. The zero-order chi connectivity index (χ0) is 16.8. The third-order valence-electron chi connectivity index (χ3n) is 6.05. The van der Waals surface area contributed by atoms with Crippen molar-refractivity contribution in [2.45, 2.75) is 56.5 Å². The van der Waals surface area contributed by atoms with Crippen LogP contribution in [-0.4, -0.2) is 14.5 Å². The topological polar surface area (TPSA) is 37.5 Å². The van der Waals surface area contributed by atoms with Gasteiger partial charge < -0.3 is 5.11 Å². The van der Waals surface area contributed by atoms with Gasteiger partial charge >= 0.3 is 0 Å². The van der Waals surface area contributed by atoms with Gasteiger partial charge in [0.05, 0.1) is 18.0 Å². The first kappa shape index (κ1) is 15.6. The van der Waals surface area contributed by atoms with E-state index in [0.29, 0.717) is 17.8 Å². The van der Waals surface area contributed by atoms with E-state index in [2.05, 4.69) is 39.7 Å². The summed E-state index contributed by atoms with van der Waals surface area (Å²) in [7, 11) is 0. The molecule has 0 aliphatic heterocycles. The van der Waals surface area contributed by atoms with Gasteiger partial charge in [0.1, 0.15) is 11.2 Å². The summed E-state index contributed by atoms with van der Waals surface area (Å²) in [4.78, 5) is 6.87. The van der Waals surface area contributed by atoms with Gasteiger partial charge in [0.15, 0.2) is 0 Å². The standard InChI is InChI=1S/C21H24N2OS/c24-20(16-8-6-15(7-9-16)14-4-2-1-3-5-14)19-21(17-10-11-17)25-18-12-22-13-23(18)19/h1-5,12-13,15-17,20,24H,6-11H2/t15?,16?,20-/m1/s1. The fraction of sp³-hybridized carbons (Fsp3) is 0.476. The molecule has 4 heteroatoms. The first-order valence-corrected chi connectivity index (χ1v) is 10.3. The van der Waals surface area contributed by atoms with E-state index in [1.165, 1.54) is 41.0 Å². The Morgan fingerprint density at radius 1 is 1.00 bits per heavy atom. The van der Waals surface area contributed by atoms with Crippen molar-refractivity contribution < 1.29 is 5.11 Å². The van der Waals surface area contributed by atoms with Gasteiger partial charge in [-0.1, -0.05) is 30.3 Å². The van der Waals surface area contributed by atoms with Crippen LogP contribution in [0.15, 0.2) is 42.9 Å². The quantitative estimate of drug-likeness (QED) is 0.693. The molecule has 2 aliphatic carbocycles. The Kier molecular flexibility index (Phi) is 3.90. The monoisotopic (exact) mass is 352 g/mol. The Labute approximate surface area is 152 Å². The SMILES string of the molecule is O[C@@H](c1c(C2CC2)sc2cncn12)C1CCC(c2ccccc2)CC1. The second kappa shape index (κ2) is 6.26. The number of aliphatic hydroxyl groups excluding tert-OH is 1. The number of thiazole rings is 1. The highest BCUT2D eigenvalue weighted by atomic mass is 32.1. The molecule has 0 saturated heterocycles. The van der Waals surface area contributed by atoms with Crippen molar-refractivity contribution in [1.82, 2.24) is 9.38 Å². The molecule has 25 heavy (non-hydrogen) atoms. The zero-order valence-corrected chi connectivity index (χ0v) is 15.2. The molecule has 0 unspecified atom stereocenters. The summed E-state index contributed by atoms with van der Waals surface area (Å²) in [6.07, 6.45) is 10.6. The first-order valence-electron chi connectivity index (χ1n) is 9.49. The first-order chi connectivity index (χ1) is 12.3. The Bertz CT molecular complexity index is 857. The van der Waals surface area contributed by atoms with E-state index >= 15 is 0 Å². The van der Waals surface area contributed by atoms with Crippen LogP contribution in [-0.2, 0) is 0 Å².